The lowest BCUT2D eigenvalue weighted by molar-refractivity contribution is 0.304. The minimum atomic E-state index is 0.771. The fraction of sp³-hybridized carbons (Fsp3) is 0.471. The molecule has 40 heavy (non-hydrogen) atoms. The van der Waals surface area contributed by atoms with Crippen LogP contribution in [0.1, 0.15) is 96.5 Å². The van der Waals surface area contributed by atoms with Crippen molar-refractivity contribution in [1.29, 1.82) is 0 Å². The third kappa shape index (κ3) is 8.87. The number of hydrogen-bond donors (Lipinski definition) is 0. The van der Waals surface area contributed by atoms with Gasteiger partial charge in [0, 0.05) is 11.1 Å². The molecule has 0 radical (unpaired) electrons. The third-order valence-electron chi connectivity index (χ3n) is 7.39. The Morgan fingerprint density at radius 1 is 0.600 bits per heavy atom. The van der Waals surface area contributed by atoms with Gasteiger partial charge in [-0.15, -0.1) is 11.3 Å². The van der Waals surface area contributed by atoms with Gasteiger partial charge in [-0.2, -0.15) is 0 Å². The Kier molecular flexibility index (Phi) is 13.0. The van der Waals surface area contributed by atoms with E-state index < -0.39 is 0 Å². The number of fused-ring (bicyclic) bond motifs is 1. The summed E-state index contributed by atoms with van der Waals surface area (Å²) in [6.07, 6.45) is 16.8. The van der Waals surface area contributed by atoms with E-state index in [4.69, 9.17) is 14.7 Å². The molecule has 0 unspecified atom stereocenters. The van der Waals surface area contributed by atoms with Gasteiger partial charge in [0.05, 0.1) is 25.6 Å². The molecule has 2 aromatic heterocycles. The summed E-state index contributed by atoms with van der Waals surface area (Å²) in [6.45, 7) is 5.28. The topological polar surface area (TPSA) is 35.0 Å². The number of ether oxygens (including phenoxy) is 1. The number of aromatic nitrogens is 2. The zero-order valence-electron chi connectivity index (χ0n) is 24.0. The second-order valence-electron chi connectivity index (χ2n) is 10.6. The maximum atomic E-state index is 6.07. The van der Waals surface area contributed by atoms with Gasteiger partial charge in [-0.05, 0) is 81.0 Å². The lowest BCUT2D eigenvalue weighted by Gasteiger charge is -2.12. The van der Waals surface area contributed by atoms with Crippen LogP contribution in [-0.4, -0.2) is 16.6 Å². The van der Waals surface area contributed by atoms with E-state index >= 15 is 0 Å². The monoisotopic (exact) mass is 684 g/mol. The average molecular weight is 687 g/mol. The number of unbranched alkanes of at least 4 members (excludes halogenated alkanes) is 10. The van der Waals surface area contributed by atoms with Gasteiger partial charge >= 0.3 is 0 Å². The molecule has 0 spiro atoms. The first kappa shape index (κ1) is 31.2. The van der Waals surface area contributed by atoms with Crippen molar-refractivity contribution in [2.24, 2.45) is 0 Å². The maximum absolute atomic E-state index is 6.07. The van der Waals surface area contributed by atoms with E-state index in [1.807, 2.05) is 0 Å². The number of thiophene rings is 1. The van der Waals surface area contributed by atoms with Gasteiger partial charge in [-0.1, -0.05) is 102 Å². The van der Waals surface area contributed by atoms with Crippen molar-refractivity contribution in [2.75, 3.05) is 6.61 Å². The van der Waals surface area contributed by atoms with Crippen molar-refractivity contribution >= 4 is 54.2 Å². The van der Waals surface area contributed by atoms with Gasteiger partial charge in [0.1, 0.15) is 16.8 Å². The first-order valence-electron chi connectivity index (χ1n) is 15.1. The molecule has 0 amide bonds. The molecule has 2 aromatic carbocycles. The summed E-state index contributed by atoms with van der Waals surface area (Å²) in [6, 6.07) is 17.2. The van der Waals surface area contributed by atoms with E-state index in [2.05, 4.69) is 94.2 Å². The van der Waals surface area contributed by atoms with E-state index in [1.165, 1.54) is 76.2 Å². The van der Waals surface area contributed by atoms with E-state index in [0.29, 0.717) is 0 Å². The number of rotatable bonds is 17. The maximum Gasteiger partial charge on any atom is 0.119 e. The molecule has 4 aromatic rings. The number of halogens is 2. The molecule has 0 fully saturated rings. The molecule has 0 aliphatic carbocycles. The molecule has 6 heteroatoms. The molecule has 0 aliphatic heterocycles. The zero-order valence-corrected chi connectivity index (χ0v) is 28.0. The normalized spacial score (nSPS) is 11.4. The highest BCUT2D eigenvalue weighted by atomic mass is 79.9. The van der Waals surface area contributed by atoms with Gasteiger partial charge in [0.15, 0.2) is 0 Å². The molecule has 0 saturated carbocycles. The summed E-state index contributed by atoms with van der Waals surface area (Å²) in [5.74, 6) is 0.912. The van der Waals surface area contributed by atoms with Gasteiger partial charge in [0.2, 0.25) is 0 Å². The van der Waals surface area contributed by atoms with E-state index in [-0.39, 0.29) is 0 Å². The second kappa shape index (κ2) is 16.6. The van der Waals surface area contributed by atoms with Gasteiger partial charge < -0.3 is 4.74 Å². The molecule has 3 nitrogen and oxygen atoms in total. The van der Waals surface area contributed by atoms with E-state index in [0.717, 1.165) is 66.3 Å². The molecule has 0 saturated heterocycles. The quantitative estimate of drug-likeness (QED) is 0.104. The fourth-order valence-electron chi connectivity index (χ4n) is 4.99. The van der Waals surface area contributed by atoms with Crippen LogP contribution in [-0.2, 0) is 6.42 Å². The zero-order chi connectivity index (χ0) is 28.2. The molecule has 214 valence electrons. The lowest BCUT2D eigenvalue weighted by Crippen LogP contribution is -1.98. The number of benzene rings is 2. The van der Waals surface area contributed by atoms with Gasteiger partial charge in [-0.3, -0.25) is 0 Å². The minimum absolute atomic E-state index is 0.771. The number of nitrogens with zero attached hydrogens (tertiary/aromatic N) is 2. The Balaban J connectivity index is 1.39. The lowest BCUT2D eigenvalue weighted by atomic mass is 10.0. The highest BCUT2D eigenvalue weighted by Gasteiger charge is 2.18. The molecule has 0 atom stereocenters. The molecule has 2 heterocycles. The van der Waals surface area contributed by atoms with Crippen molar-refractivity contribution in [3.8, 4) is 28.3 Å². The van der Waals surface area contributed by atoms with Crippen molar-refractivity contribution in [3.05, 3.63) is 61.7 Å². The number of aryl methyl sites for hydroxylation is 1. The van der Waals surface area contributed by atoms with Crippen LogP contribution in [0.5, 0.6) is 5.75 Å². The van der Waals surface area contributed by atoms with Crippen LogP contribution < -0.4 is 4.74 Å². The summed E-state index contributed by atoms with van der Waals surface area (Å²) < 4.78 is 8.05. The average Bonchev–Trinajstić information content (AvgIpc) is 3.26. The van der Waals surface area contributed by atoms with Crippen molar-refractivity contribution in [2.45, 2.75) is 97.3 Å². The van der Waals surface area contributed by atoms with Gasteiger partial charge in [0.25, 0.3) is 0 Å². The van der Waals surface area contributed by atoms with Crippen LogP contribution >= 0.6 is 43.2 Å². The Labute approximate surface area is 261 Å². The predicted octanol–water partition coefficient (Wildman–Crippen LogP) is 12.2. The third-order valence-corrected chi connectivity index (χ3v) is 9.86. The van der Waals surface area contributed by atoms with Crippen LogP contribution in [0.25, 0.3) is 33.5 Å². The largest absolute Gasteiger partial charge is 0.494 e. The van der Waals surface area contributed by atoms with Crippen LogP contribution in [0, 0.1) is 0 Å². The summed E-state index contributed by atoms with van der Waals surface area (Å²) in [5.41, 5.74) is 7.06. The molecular formula is C34H42Br2N2OS. The van der Waals surface area contributed by atoms with E-state index in [1.54, 1.807) is 11.3 Å². The molecule has 4 rings (SSSR count). The standard InChI is InChI=1S/C34H42Br2N2OS/c1-3-5-7-8-9-10-11-12-13-14-24-39-28-22-20-27(21-23-28)30-29(26-18-16-25(17-19-26)15-6-4-2)37-31-32(38-30)34(36)40-33(31)35/h16-23H,3-15,24H2,1-2H3. The smallest absolute Gasteiger partial charge is 0.119 e. The summed E-state index contributed by atoms with van der Waals surface area (Å²) in [5, 5.41) is 0. The van der Waals surface area contributed by atoms with Crippen LogP contribution in [0.2, 0.25) is 0 Å². The Morgan fingerprint density at radius 2 is 1.07 bits per heavy atom. The predicted molar refractivity (Wildman–Crippen MR) is 180 cm³/mol. The van der Waals surface area contributed by atoms with Crippen molar-refractivity contribution in [3.63, 3.8) is 0 Å². The SMILES string of the molecule is CCCCCCCCCCCCOc1ccc(-c2nc3c(Br)sc(Br)c3nc2-c2ccc(CCCC)cc2)cc1. The molecular weight excluding hydrogens is 644 g/mol. The fourth-order valence-corrected chi connectivity index (χ4v) is 7.80. The second-order valence-corrected chi connectivity index (χ2v) is 14.3. The molecule has 0 aliphatic rings. The summed E-state index contributed by atoms with van der Waals surface area (Å²) in [7, 11) is 0. The van der Waals surface area contributed by atoms with Gasteiger partial charge in [-0.25, -0.2) is 9.97 Å². The van der Waals surface area contributed by atoms with E-state index in [9.17, 15) is 0 Å². The van der Waals surface area contributed by atoms with Crippen LogP contribution in [0.4, 0.5) is 0 Å². The van der Waals surface area contributed by atoms with Crippen molar-refractivity contribution in [1.82, 2.24) is 9.97 Å². The first-order chi connectivity index (χ1) is 19.6. The van der Waals surface area contributed by atoms with Crippen LogP contribution in [0.15, 0.2) is 56.1 Å². The van der Waals surface area contributed by atoms with Crippen LogP contribution in [0.3, 0.4) is 0 Å². The summed E-state index contributed by atoms with van der Waals surface area (Å²) in [4.78, 5) is 10.2. The first-order valence-corrected chi connectivity index (χ1v) is 17.5. The Hall–Kier alpha value is -1.76. The highest BCUT2D eigenvalue weighted by Crippen LogP contribution is 2.41. The Morgan fingerprint density at radius 3 is 1.60 bits per heavy atom. The van der Waals surface area contributed by atoms with Crippen molar-refractivity contribution < 1.29 is 4.74 Å². The molecule has 0 bridgehead atoms. The molecule has 0 N–H and O–H groups in total. The summed E-state index contributed by atoms with van der Waals surface area (Å²) >= 11 is 8.98. The Bertz CT molecular complexity index is 1320. The minimum Gasteiger partial charge on any atom is -0.494 e. The highest BCUT2D eigenvalue weighted by molar-refractivity contribution is 9.12. The number of hydrogen-bond acceptors (Lipinski definition) is 4.